The summed E-state index contributed by atoms with van der Waals surface area (Å²) in [6.07, 6.45) is 0.317. The Hall–Kier alpha value is -1.55. The van der Waals surface area contributed by atoms with E-state index < -0.39 is 6.04 Å². The second-order valence-corrected chi connectivity index (χ2v) is 6.15. The molecule has 0 heterocycles. The summed E-state index contributed by atoms with van der Waals surface area (Å²) in [5, 5.41) is 0. The highest BCUT2D eigenvalue weighted by Gasteiger charge is 2.17. The van der Waals surface area contributed by atoms with Crippen molar-refractivity contribution in [3.63, 3.8) is 0 Å². The Kier molecular flexibility index (Phi) is 5.57. The Labute approximate surface area is 121 Å². The Bertz CT molecular complexity index is 432. The van der Waals surface area contributed by atoms with E-state index in [-0.39, 0.29) is 17.7 Å². The van der Waals surface area contributed by atoms with Crippen LogP contribution in [0.2, 0.25) is 0 Å². The molecule has 0 saturated carbocycles. The minimum absolute atomic E-state index is 0.142. The van der Waals surface area contributed by atoms with Crippen LogP contribution in [0, 0.1) is 0 Å². The first-order chi connectivity index (χ1) is 9.17. The third-order valence-corrected chi connectivity index (χ3v) is 2.46. The molecule has 0 aliphatic heterocycles. The molecule has 0 bridgehead atoms. The topological polar surface area (TPSA) is 61.5 Å². The standard InChI is InChI=1S/C16H25NO3/c1-11(2)19-15(18)14(17)10-12-6-8-13(9-7-12)20-16(3,4)5/h6-9,11,14H,10,17H2,1-5H3/t14-/m0/s1. The van der Waals surface area contributed by atoms with E-state index in [0.29, 0.717) is 6.42 Å². The Morgan fingerprint density at radius 1 is 1.20 bits per heavy atom. The van der Waals surface area contributed by atoms with E-state index in [4.69, 9.17) is 15.2 Å². The fourth-order valence-corrected chi connectivity index (χ4v) is 1.70. The predicted octanol–water partition coefficient (Wildman–Crippen LogP) is 2.69. The zero-order chi connectivity index (χ0) is 15.3. The molecule has 0 amide bonds. The number of hydrogen-bond acceptors (Lipinski definition) is 4. The SMILES string of the molecule is CC(C)OC(=O)[C@@H](N)Cc1ccc(OC(C)(C)C)cc1. The summed E-state index contributed by atoms with van der Waals surface area (Å²) in [4.78, 5) is 11.6. The summed E-state index contributed by atoms with van der Waals surface area (Å²) in [6.45, 7) is 9.61. The van der Waals surface area contributed by atoms with Gasteiger partial charge in [0.15, 0.2) is 0 Å². The van der Waals surface area contributed by atoms with Crippen LogP contribution in [-0.4, -0.2) is 23.7 Å². The number of esters is 1. The molecule has 1 aromatic carbocycles. The van der Waals surface area contributed by atoms with Crippen molar-refractivity contribution in [3.8, 4) is 5.75 Å². The van der Waals surface area contributed by atoms with Crippen molar-refractivity contribution in [3.05, 3.63) is 29.8 Å². The molecule has 0 radical (unpaired) electrons. The molecule has 2 N–H and O–H groups in total. The Morgan fingerprint density at radius 3 is 2.20 bits per heavy atom. The van der Waals surface area contributed by atoms with Gasteiger partial charge < -0.3 is 15.2 Å². The second kappa shape index (κ2) is 6.75. The Balaban J connectivity index is 2.59. The number of carbonyl (C=O) groups is 1. The molecule has 0 fully saturated rings. The van der Waals surface area contributed by atoms with E-state index in [2.05, 4.69) is 0 Å². The number of hydrogen-bond donors (Lipinski definition) is 1. The first-order valence-corrected chi connectivity index (χ1v) is 6.91. The molecule has 4 heteroatoms. The largest absolute Gasteiger partial charge is 0.488 e. The molecule has 1 aromatic rings. The molecular formula is C16H25NO3. The van der Waals surface area contributed by atoms with Crippen molar-refractivity contribution in [2.45, 2.75) is 58.8 Å². The van der Waals surface area contributed by atoms with Crippen molar-refractivity contribution >= 4 is 5.97 Å². The summed E-state index contributed by atoms with van der Waals surface area (Å²) in [5.74, 6) is 0.439. The molecule has 112 valence electrons. The predicted molar refractivity (Wildman–Crippen MR) is 79.7 cm³/mol. The van der Waals surface area contributed by atoms with Crippen molar-refractivity contribution in [1.29, 1.82) is 0 Å². The maximum atomic E-state index is 11.6. The lowest BCUT2D eigenvalue weighted by Crippen LogP contribution is -2.35. The summed E-state index contributed by atoms with van der Waals surface area (Å²) in [5.41, 5.74) is 6.59. The lowest BCUT2D eigenvalue weighted by atomic mass is 10.1. The van der Waals surface area contributed by atoms with Gasteiger partial charge in [-0.15, -0.1) is 0 Å². The lowest BCUT2D eigenvalue weighted by molar-refractivity contribution is -0.148. The zero-order valence-corrected chi connectivity index (χ0v) is 13.0. The molecule has 0 aromatic heterocycles. The lowest BCUT2D eigenvalue weighted by Gasteiger charge is -2.21. The molecule has 0 spiro atoms. The number of carbonyl (C=O) groups excluding carboxylic acids is 1. The fourth-order valence-electron chi connectivity index (χ4n) is 1.70. The van der Waals surface area contributed by atoms with Gasteiger partial charge in [-0.2, -0.15) is 0 Å². The van der Waals surface area contributed by atoms with E-state index in [1.54, 1.807) is 0 Å². The second-order valence-electron chi connectivity index (χ2n) is 6.15. The van der Waals surface area contributed by atoms with E-state index in [0.717, 1.165) is 11.3 Å². The smallest absolute Gasteiger partial charge is 0.323 e. The molecule has 4 nitrogen and oxygen atoms in total. The van der Waals surface area contributed by atoms with Crippen molar-refractivity contribution in [2.75, 3.05) is 0 Å². The van der Waals surface area contributed by atoms with E-state index in [1.165, 1.54) is 0 Å². The van der Waals surface area contributed by atoms with Crippen LogP contribution in [0.3, 0.4) is 0 Å². The maximum absolute atomic E-state index is 11.6. The first kappa shape index (κ1) is 16.5. The van der Waals surface area contributed by atoms with E-state index >= 15 is 0 Å². The van der Waals surface area contributed by atoms with Gasteiger partial charge in [-0.05, 0) is 58.7 Å². The van der Waals surface area contributed by atoms with Crippen molar-refractivity contribution in [2.24, 2.45) is 5.73 Å². The summed E-state index contributed by atoms with van der Waals surface area (Å²) < 4.78 is 10.8. The molecule has 1 atom stereocenters. The van der Waals surface area contributed by atoms with Crippen LogP contribution < -0.4 is 10.5 Å². The van der Waals surface area contributed by atoms with Crippen LogP contribution in [0.1, 0.15) is 40.2 Å². The minimum atomic E-state index is -0.633. The van der Waals surface area contributed by atoms with E-state index in [9.17, 15) is 4.79 Å². The fraction of sp³-hybridized carbons (Fsp3) is 0.562. The molecule has 0 saturated heterocycles. The van der Waals surface area contributed by atoms with Crippen LogP contribution in [0.4, 0.5) is 0 Å². The van der Waals surface area contributed by atoms with Gasteiger partial charge in [0.2, 0.25) is 0 Å². The van der Waals surface area contributed by atoms with Gasteiger partial charge in [-0.25, -0.2) is 0 Å². The molecule has 20 heavy (non-hydrogen) atoms. The maximum Gasteiger partial charge on any atom is 0.323 e. The number of rotatable bonds is 5. The van der Waals surface area contributed by atoms with Gasteiger partial charge in [0.05, 0.1) is 6.10 Å². The summed E-state index contributed by atoms with van der Waals surface area (Å²) in [6, 6.07) is 6.99. The van der Waals surface area contributed by atoms with Crippen LogP contribution >= 0.6 is 0 Å². The number of benzene rings is 1. The molecule has 0 aliphatic rings. The number of nitrogens with two attached hydrogens (primary N) is 1. The quantitative estimate of drug-likeness (QED) is 0.842. The summed E-state index contributed by atoms with van der Waals surface area (Å²) in [7, 11) is 0. The van der Waals surface area contributed by atoms with Gasteiger partial charge in [-0.3, -0.25) is 4.79 Å². The number of ether oxygens (including phenoxy) is 2. The van der Waals surface area contributed by atoms with Crippen molar-refractivity contribution in [1.82, 2.24) is 0 Å². The van der Waals surface area contributed by atoms with Gasteiger partial charge >= 0.3 is 5.97 Å². The average molecular weight is 279 g/mol. The highest BCUT2D eigenvalue weighted by molar-refractivity contribution is 5.76. The third-order valence-electron chi connectivity index (χ3n) is 2.46. The zero-order valence-electron chi connectivity index (χ0n) is 13.0. The monoisotopic (exact) mass is 279 g/mol. The van der Waals surface area contributed by atoms with Gasteiger partial charge in [-0.1, -0.05) is 12.1 Å². The third kappa shape index (κ3) is 6.06. The van der Waals surface area contributed by atoms with E-state index in [1.807, 2.05) is 58.9 Å². The molecule has 1 rings (SSSR count). The van der Waals surface area contributed by atoms with Crippen LogP contribution in [0.5, 0.6) is 5.75 Å². The first-order valence-electron chi connectivity index (χ1n) is 6.91. The summed E-state index contributed by atoms with van der Waals surface area (Å²) >= 11 is 0. The highest BCUT2D eigenvalue weighted by Crippen LogP contribution is 2.19. The van der Waals surface area contributed by atoms with Gasteiger partial charge in [0.25, 0.3) is 0 Å². The van der Waals surface area contributed by atoms with Crippen molar-refractivity contribution < 1.29 is 14.3 Å². The van der Waals surface area contributed by atoms with Crippen LogP contribution in [0.25, 0.3) is 0 Å². The van der Waals surface area contributed by atoms with Crippen LogP contribution in [0.15, 0.2) is 24.3 Å². The molecular weight excluding hydrogens is 254 g/mol. The highest BCUT2D eigenvalue weighted by atomic mass is 16.5. The minimum Gasteiger partial charge on any atom is -0.488 e. The molecule has 0 aliphatic carbocycles. The average Bonchev–Trinajstić information content (AvgIpc) is 2.28. The normalized spacial score (nSPS) is 13.2. The van der Waals surface area contributed by atoms with Gasteiger partial charge in [0, 0.05) is 0 Å². The Morgan fingerprint density at radius 2 is 1.75 bits per heavy atom. The molecule has 0 unspecified atom stereocenters. The van der Waals surface area contributed by atoms with Gasteiger partial charge in [0.1, 0.15) is 17.4 Å². The van der Waals surface area contributed by atoms with Crippen LogP contribution in [-0.2, 0) is 16.0 Å².